The minimum atomic E-state index is -0.438. The van der Waals surface area contributed by atoms with Gasteiger partial charge in [0.15, 0.2) is 0 Å². The highest BCUT2D eigenvalue weighted by Gasteiger charge is 2.34. The third-order valence-electron chi connectivity index (χ3n) is 2.05. The molecule has 5 N–H and O–H groups in total. The molecule has 3 heteroatoms. The van der Waals surface area contributed by atoms with E-state index in [2.05, 4.69) is 0 Å². The molecule has 0 saturated carbocycles. The molecule has 0 aromatic rings. The average Bonchev–Trinajstić information content (AvgIpc) is 1.84. The summed E-state index contributed by atoms with van der Waals surface area (Å²) in [6.07, 6.45) is 0. The van der Waals surface area contributed by atoms with Gasteiger partial charge in [0.25, 0.3) is 0 Å². The van der Waals surface area contributed by atoms with Crippen molar-refractivity contribution in [1.82, 2.24) is 0 Å². The van der Waals surface area contributed by atoms with Crippen molar-refractivity contribution >= 4 is 0 Å². The van der Waals surface area contributed by atoms with Crippen LogP contribution in [0.2, 0.25) is 0 Å². The highest BCUT2D eigenvalue weighted by atomic mass is 16.3. The fraction of sp³-hybridized carbons (Fsp3) is 1.00. The molecule has 0 aromatic carbocycles. The Morgan fingerprint density at radius 2 is 1.64 bits per heavy atom. The Hall–Kier alpha value is -0.120. The van der Waals surface area contributed by atoms with Crippen molar-refractivity contribution in [1.29, 1.82) is 0 Å². The predicted octanol–water partition coefficient (Wildman–Crippen LogP) is 0.0695. The lowest BCUT2D eigenvalue weighted by Crippen LogP contribution is -2.58. The van der Waals surface area contributed by atoms with Crippen LogP contribution in [0.5, 0.6) is 0 Å². The molecule has 0 heterocycles. The van der Waals surface area contributed by atoms with E-state index in [1.807, 2.05) is 27.7 Å². The monoisotopic (exact) mass is 160 g/mol. The molecule has 0 radical (unpaired) electrons. The maximum Gasteiger partial charge on any atom is 0.0497 e. The summed E-state index contributed by atoms with van der Waals surface area (Å²) < 4.78 is 0. The molecule has 0 saturated heterocycles. The molecule has 11 heavy (non-hydrogen) atoms. The van der Waals surface area contributed by atoms with Crippen molar-refractivity contribution in [2.75, 3.05) is 6.61 Å². The van der Waals surface area contributed by atoms with Gasteiger partial charge in [0, 0.05) is 23.6 Å². The molecule has 0 aliphatic heterocycles. The number of aliphatic hydroxyl groups excluding tert-OH is 1. The van der Waals surface area contributed by atoms with Crippen LogP contribution in [0.1, 0.15) is 27.7 Å². The van der Waals surface area contributed by atoms with Crippen molar-refractivity contribution in [2.45, 2.75) is 39.3 Å². The minimum Gasteiger partial charge on any atom is -0.396 e. The third kappa shape index (κ3) is 2.77. The van der Waals surface area contributed by atoms with Gasteiger partial charge in [-0.1, -0.05) is 13.8 Å². The highest BCUT2D eigenvalue weighted by Crippen LogP contribution is 2.24. The van der Waals surface area contributed by atoms with Crippen LogP contribution in [-0.2, 0) is 0 Å². The maximum absolute atomic E-state index is 8.99. The Kier molecular flexibility index (Phi) is 3.06. The van der Waals surface area contributed by atoms with Gasteiger partial charge < -0.3 is 16.6 Å². The fourth-order valence-electron chi connectivity index (χ4n) is 1.11. The van der Waals surface area contributed by atoms with E-state index in [9.17, 15) is 0 Å². The molecular weight excluding hydrogens is 140 g/mol. The Balaban J connectivity index is 4.35. The van der Waals surface area contributed by atoms with E-state index in [0.29, 0.717) is 0 Å². The smallest absolute Gasteiger partial charge is 0.0497 e. The normalized spacial score (nSPS) is 16.6. The predicted molar refractivity (Wildman–Crippen MR) is 47.1 cm³/mol. The second-order valence-corrected chi connectivity index (χ2v) is 4.45. The zero-order valence-corrected chi connectivity index (χ0v) is 7.89. The quantitative estimate of drug-likeness (QED) is 0.547. The van der Waals surface area contributed by atoms with Gasteiger partial charge in [0.2, 0.25) is 0 Å². The zero-order valence-electron chi connectivity index (χ0n) is 7.89. The van der Waals surface area contributed by atoms with Crippen LogP contribution >= 0.6 is 0 Å². The summed E-state index contributed by atoms with van der Waals surface area (Å²) >= 11 is 0. The molecule has 0 aliphatic rings. The van der Waals surface area contributed by atoms with Gasteiger partial charge in [-0.25, -0.2) is 0 Å². The first-order valence-electron chi connectivity index (χ1n) is 3.87. The van der Waals surface area contributed by atoms with Crippen LogP contribution in [0.25, 0.3) is 0 Å². The lowest BCUT2D eigenvalue weighted by Gasteiger charge is -2.38. The number of aliphatic hydroxyl groups is 1. The van der Waals surface area contributed by atoms with E-state index in [1.54, 1.807) is 0 Å². The van der Waals surface area contributed by atoms with Crippen LogP contribution in [0.4, 0.5) is 0 Å². The van der Waals surface area contributed by atoms with Crippen molar-refractivity contribution in [2.24, 2.45) is 16.9 Å². The topological polar surface area (TPSA) is 72.3 Å². The second-order valence-electron chi connectivity index (χ2n) is 4.45. The molecule has 0 fully saturated rings. The lowest BCUT2D eigenvalue weighted by molar-refractivity contribution is 0.103. The Bertz CT molecular complexity index is 127. The molecule has 68 valence electrons. The Morgan fingerprint density at radius 3 is 1.73 bits per heavy atom. The van der Waals surface area contributed by atoms with Crippen molar-refractivity contribution in [3.05, 3.63) is 0 Å². The average molecular weight is 160 g/mol. The van der Waals surface area contributed by atoms with E-state index in [-0.39, 0.29) is 18.1 Å². The second kappa shape index (κ2) is 3.09. The molecule has 0 aromatic heterocycles. The summed E-state index contributed by atoms with van der Waals surface area (Å²) in [7, 11) is 0. The number of nitrogens with two attached hydrogens (primary N) is 2. The van der Waals surface area contributed by atoms with Gasteiger partial charge in [-0.2, -0.15) is 0 Å². The Morgan fingerprint density at radius 1 is 1.27 bits per heavy atom. The van der Waals surface area contributed by atoms with E-state index in [0.717, 1.165) is 0 Å². The van der Waals surface area contributed by atoms with Crippen LogP contribution < -0.4 is 11.5 Å². The fourth-order valence-corrected chi connectivity index (χ4v) is 1.11. The van der Waals surface area contributed by atoms with Gasteiger partial charge in [0.1, 0.15) is 0 Å². The molecule has 0 spiro atoms. The van der Waals surface area contributed by atoms with Crippen LogP contribution in [0.3, 0.4) is 0 Å². The summed E-state index contributed by atoms with van der Waals surface area (Å²) in [6, 6.07) is -0.194. The number of hydrogen-bond acceptors (Lipinski definition) is 3. The third-order valence-corrected chi connectivity index (χ3v) is 2.05. The standard InChI is InChI=1S/C8H20N2O/c1-7(2,5-11)6(9)8(3,4)10/h6,11H,5,9-10H2,1-4H3. The van der Waals surface area contributed by atoms with Crippen LogP contribution in [0.15, 0.2) is 0 Å². The van der Waals surface area contributed by atoms with E-state index in [4.69, 9.17) is 16.6 Å². The number of hydrogen-bond donors (Lipinski definition) is 3. The van der Waals surface area contributed by atoms with Crippen molar-refractivity contribution in [3.63, 3.8) is 0 Å². The summed E-state index contributed by atoms with van der Waals surface area (Å²) in [6.45, 7) is 7.62. The summed E-state index contributed by atoms with van der Waals surface area (Å²) in [5, 5.41) is 8.99. The van der Waals surface area contributed by atoms with Gasteiger partial charge >= 0.3 is 0 Å². The summed E-state index contributed by atoms with van der Waals surface area (Å²) in [5.74, 6) is 0. The van der Waals surface area contributed by atoms with Gasteiger partial charge in [-0.05, 0) is 13.8 Å². The first kappa shape index (κ1) is 10.9. The van der Waals surface area contributed by atoms with Gasteiger partial charge in [-0.15, -0.1) is 0 Å². The SMILES string of the molecule is CC(C)(N)C(N)C(C)(C)CO. The van der Waals surface area contributed by atoms with Gasteiger partial charge in [-0.3, -0.25) is 0 Å². The highest BCUT2D eigenvalue weighted by molar-refractivity contribution is 4.95. The summed E-state index contributed by atoms with van der Waals surface area (Å²) in [4.78, 5) is 0. The molecular formula is C8H20N2O. The zero-order chi connectivity index (χ0) is 9.28. The molecule has 0 aliphatic carbocycles. The minimum absolute atomic E-state index is 0.0643. The molecule has 3 nitrogen and oxygen atoms in total. The molecule has 0 amide bonds. The molecule has 0 bridgehead atoms. The summed E-state index contributed by atoms with van der Waals surface area (Å²) in [5.41, 5.74) is 10.9. The first-order valence-corrected chi connectivity index (χ1v) is 3.87. The van der Waals surface area contributed by atoms with E-state index >= 15 is 0 Å². The molecule has 1 unspecified atom stereocenters. The Labute approximate surface area is 68.8 Å². The van der Waals surface area contributed by atoms with E-state index < -0.39 is 5.54 Å². The van der Waals surface area contributed by atoms with E-state index in [1.165, 1.54) is 0 Å². The largest absolute Gasteiger partial charge is 0.396 e. The first-order chi connectivity index (χ1) is 4.72. The van der Waals surface area contributed by atoms with Gasteiger partial charge in [0.05, 0.1) is 0 Å². The van der Waals surface area contributed by atoms with Crippen LogP contribution in [0, 0.1) is 5.41 Å². The number of rotatable bonds is 3. The van der Waals surface area contributed by atoms with Crippen molar-refractivity contribution < 1.29 is 5.11 Å². The maximum atomic E-state index is 8.99. The lowest BCUT2D eigenvalue weighted by atomic mass is 9.76. The van der Waals surface area contributed by atoms with Crippen molar-refractivity contribution in [3.8, 4) is 0 Å². The van der Waals surface area contributed by atoms with Crippen LogP contribution in [-0.4, -0.2) is 23.3 Å². The molecule has 0 rings (SSSR count). The molecule has 1 atom stereocenters.